The fourth-order valence-electron chi connectivity index (χ4n) is 3.51. The molecule has 0 aliphatic carbocycles. The summed E-state index contributed by atoms with van der Waals surface area (Å²) in [6.45, 7) is 2.23. The number of allylic oxidation sites excluding steroid dienone is 2. The van der Waals surface area contributed by atoms with Crippen molar-refractivity contribution < 1.29 is 5.11 Å². The lowest BCUT2D eigenvalue weighted by atomic mass is 10.0. The van der Waals surface area contributed by atoms with Crippen molar-refractivity contribution in [3.05, 3.63) is 48.3 Å². The molecule has 0 bridgehead atoms. The molecule has 0 saturated carbocycles. The van der Waals surface area contributed by atoms with Gasteiger partial charge in [-0.2, -0.15) is 5.10 Å². The summed E-state index contributed by atoms with van der Waals surface area (Å²) in [7, 11) is 0. The van der Waals surface area contributed by atoms with Gasteiger partial charge in [0.05, 0.1) is 6.10 Å². The zero-order valence-corrected chi connectivity index (χ0v) is 18.2. The third-order valence-electron chi connectivity index (χ3n) is 5.32. The van der Waals surface area contributed by atoms with Crippen LogP contribution < -0.4 is 0 Å². The van der Waals surface area contributed by atoms with Gasteiger partial charge in [0.1, 0.15) is 5.82 Å². The number of nitrogens with zero attached hydrogens (tertiary/aromatic N) is 2. The van der Waals surface area contributed by atoms with Gasteiger partial charge in [-0.3, -0.25) is 5.10 Å². The first-order valence-electron chi connectivity index (χ1n) is 11.6. The molecule has 1 aromatic carbocycles. The van der Waals surface area contributed by atoms with Gasteiger partial charge in [0, 0.05) is 12.0 Å². The second-order valence-corrected chi connectivity index (χ2v) is 7.98. The zero-order chi connectivity index (χ0) is 20.6. The van der Waals surface area contributed by atoms with Crippen molar-refractivity contribution in [2.24, 2.45) is 0 Å². The number of aromatic amines is 1. The highest BCUT2D eigenvalue weighted by molar-refractivity contribution is 5.53. The van der Waals surface area contributed by atoms with Crippen LogP contribution in [0.25, 0.3) is 11.4 Å². The maximum absolute atomic E-state index is 10.1. The number of aliphatic hydroxyl groups is 1. The summed E-state index contributed by atoms with van der Waals surface area (Å²) in [5, 5.41) is 17.5. The first kappa shape index (κ1) is 23.3. The van der Waals surface area contributed by atoms with Crippen molar-refractivity contribution in [1.82, 2.24) is 15.2 Å². The molecule has 2 rings (SSSR count). The van der Waals surface area contributed by atoms with E-state index in [1.165, 1.54) is 44.9 Å². The molecule has 0 aliphatic rings. The summed E-state index contributed by atoms with van der Waals surface area (Å²) in [5.74, 6) is 1.76. The first-order valence-corrected chi connectivity index (χ1v) is 11.6. The number of rotatable bonds is 16. The van der Waals surface area contributed by atoms with E-state index in [1.807, 2.05) is 30.3 Å². The smallest absolute Gasteiger partial charge is 0.181 e. The lowest BCUT2D eigenvalue weighted by Gasteiger charge is -2.08. The molecule has 1 aromatic heterocycles. The quantitative estimate of drug-likeness (QED) is 0.247. The number of nitrogens with one attached hydrogen (secondary N) is 1. The summed E-state index contributed by atoms with van der Waals surface area (Å²) >= 11 is 0. The van der Waals surface area contributed by atoms with Gasteiger partial charge in [-0.1, -0.05) is 87.9 Å². The molecule has 0 radical (unpaired) electrons. The molecule has 0 saturated heterocycles. The second kappa shape index (κ2) is 15.0. The molecule has 4 heteroatoms. The highest BCUT2D eigenvalue weighted by atomic mass is 16.3. The minimum absolute atomic E-state index is 0.138. The molecule has 1 unspecified atom stereocenters. The standard InChI is InChI=1S/C25H39N3O/c1-2-3-4-5-6-8-14-19-23(29)20-15-9-7-10-16-21-24-26-25(28-27-24)22-17-12-11-13-18-22/h6,8,11-13,17-18,23,29H,2-5,7,9-10,14-16,19-21H2,1H3,(H,26,27,28)/b8-6-. The molecule has 4 nitrogen and oxygen atoms in total. The average molecular weight is 398 g/mol. The Morgan fingerprint density at radius 1 is 0.897 bits per heavy atom. The van der Waals surface area contributed by atoms with Gasteiger partial charge in [0.2, 0.25) is 0 Å². The van der Waals surface area contributed by atoms with Gasteiger partial charge in [-0.05, 0) is 38.5 Å². The molecule has 0 aliphatic heterocycles. The number of hydrogen-bond acceptors (Lipinski definition) is 3. The molecular formula is C25H39N3O. The van der Waals surface area contributed by atoms with E-state index in [-0.39, 0.29) is 6.10 Å². The lowest BCUT2D eigenvalue weighted by Crippen LogP contribution is -2.05. The summed E-state index contributed by atoms with van der Waals surface area (Å²) < 4.78 is 0. The Kier molecular flexibility index (Phi) is 12.1. The molecule has 2 N–H and O–H groups in total. The molecule has 0 fully saturated rings. The van der Waals surface area contributed by atoms with Gasteiger partial charge < -0.3 is 5.11 Å². The van der Waals surface area contributed by atoms with Crippen LogP contribution >= 0.6 is 0 Å². The summed E-state index contributed by atoms with van der Waals surface area (Å²) in [4.78, 5) is 4.59. The molecular weight excluding hydrogens is 358 g/mol. The van der Waals surface area contributed by atoms with Gasteiger partial charge in [-0.25, -0.2) is 4.98 Å². The largest absolute Gasteiger partial charge is 0.393 e. The Morgan fingerprint density at radius 3 is 2.48 bits per heavy atom. The second-order valence-electron chi connectivity index (χ2n) is 7.98. The lowest BCUT2D eigenvalue weighted by molar-refractivity contribution is 0.152. The molecule has 1 atom stereocenters. The van der Waals surface area contributed by atoms with E-state index >= 15 is 0 Å². The van der Waals surface area contributed by atoms with E-state index in [0.29, 0.717) is 0 Å². The monoisotopic (exact) mass is 397 g/mol. The summed E-state index contributed by atoms with van der Waals surface area (Å²) in [6.07, 6.45) is 19.2. The predicted molar refractivity (Wildman–Crippen MR) is 122 cm³/mol. The van der Waals surface area contributed by atoms with Crippen LogP contribution in [-0.4, -0.2) is 26.4 Å². The molecule has 1 heterocycles. The van der Waals surface area contributed by atoms with Gasteiger partial charge in [0.15, 0.2) is 5.82 Å². The van der Waals surface area contributed by atoms with Crippen LogP contribution in [0.2, 0.25) is 0 Å². The number of aryl methyl sites for hydroxylation is 1. The Morgan fingerprint density at radius 2 is 1.66 bits per heavy atom. The molecule has 160 valence electrons. The molecule has 29 heavy (non-hydrogen) atoms. The van der Waals surface area contributed by atoms with Crippen molar-refractivity contribution in [3.8, 4) is 11.4 Å². The molecule has 0 spiro atoms. The number of H-pyrrole nitrogens is 1. The molecule has 2 aromatic rings. The van der Waals surface area contributed by atoms with Gasteiger partial charge >= 0.3 is 0 Å². The maximum Gasteiger partial charge on any atom is 0.181 e. The summed E-state index contributed by atoms with van der Waals surface area (Å²) in [6, 6.07) is 10.1. The van der Waals surface area contributed by atoms with Crippen molar-refractivity contribution >= 4 is 0 Å². The van der Waals surface area contributed by atoms with E-state index in [2.05, 4.69) is 34.3 Å². The Bertz CT molecular complexity index is 666. The van der Waals surface area contributed by atoms with Crippen molar-refractivity contribution in [3.63, 3.8) is 0 Å². The number of unbranched alkanes of at least 4 members (excludes halogenated alkanes) is 7. The topological polar surface area (TPSA) is 61.8 Å². The number of aliphatic hydroxyl groups excluding tert-OH is 1. The van der Waals surface area contributed by atoms with E-state index in [4.69, 9.17) is 0 Å². The van der Waals surface area contributed by atoms with Crippen molar-refractivity contribution in [1.29, 1.82) is 0 Å². The predicted octanol–water partition coefficient (Wildman–Crippen LogP) is 6.63. The van der Waals surface area contributed by atoms with Crippen LogP contribution in [0, 0.1) is 0 Å². The van der Waals surface area contributed by atoms with E-state index in [9.17, 15) is 5.11 Å². The number of hydrogen-bond donors (Lipinski definition) is 2. The minimum atomic E-state index is -0.138. The summed E-state index contributed by atoms with van der Waals surface area (Å²) in [5.41, 5.74) is 1.06. The zero-order valence-electron chi connectivity index (χ0n) is 18.2. The van der Waals surface area contributed by atoms with Crippen LogP contribution in [0.3, 0.4) is 0 Å². The van der Waals surface area contributed by atoms with Crippen molar-refractivity contribution in [2.45, 2.75) is 96.5 Å². The maximum atomic E-state index is 10.1. The highest BCUT2D eigenvalue weighted by Gasteiger charge is 2.05. The SMILES string of the molecule is CCCCC/C=C\CCC(O)CCCCCCCc1nc(-c2ccccc2)n[nH]1. The van der Waals surface area contributed by atoms with E-state index in [1.54, 1.807) is 0 Å². The Labute approximate surface area is 176 Å². The number of aromatic nitrogens is 3. The minimum Gasteiger partial charge on any atom is -0.393 e. The first-order chi connectivity index (χ1) is 14.3. The third-order valence-corrected chi connectivity index (χ3v) is 5.32. The van der Waals surface area contributed by atoms with E-state index < -0.39 is 0 Å². The van der Waals surface area contributed by atoms with Crippen LogP contribution in [-0.2, 0) is 6.42 Å². The van der Waals surface area contributed by atoms with Gasteiger partial charge in [0.25, 0.3) is 0 Å². The van der Waals surface area contributed by atoms with E-state index in [0.717, 1.165) is 55.7 Å². The fraction of sp³-hybridized carbons (Fsp3) is 0.600. The Hall–Kier alpha value is -1.94. The number of benzene rings is 1. The van der Waals surface area contributed by atoms with Crippen LogP contribution in [0.15, 0.2) is 42.5 Å². The molecule has 0 amide bonds. The third kappa shape index (κ3) is 10.4. The average Bonchev–Trinajstić information content (AvgIpc) is 3.22. The van der Waals surface area contributed by atoms with Crippen LogP contribution in [0.1, 0.15) is 89.8 Å². The van der Waals surface area contributed by atoms with Crippen LogP contribution in [0.5, 0.6) is 0 Å². The van der Waals surface area contributed by atoms with Crippen molar-refractivity contribution in [2.75, 3.05) is 0 Å². The fourth-order valence-corrected chi connectivity index (χ4v) is 3.51. The van der Waals surface area contributed by atoms with Crippen LogP contribution in [0.4, 0.5) is 0 Å². The Balaban J connectivity index is 1.45. The van der Waals surface area contributed by atoms with Gasteiger partial charge in [-0.15, -0.1) is 0 Å². The normalized spacial score (nSPS) is 12.6. The highest BCUT2D eigenvalue weighted by Crippen LogP contribution is 2.15.